The van der Waals surface area contributed by atoms with E-state index in [-0.39, 0.29) is 6.61 Å². The molecule has 4 heteroatoms. The molecule has 0 radical (unpaired) electrons. The van der Waals surface area contributed by atoms with Crippen LogP contribution in [0.3, 0.4) is 0 Å². The fourth-order valence-electron chi connectivity index (χ4n) is 2.01. The molecule has 0 bridgehead atoms. The Morgan fingerprint density at radius 3 is 2.36 bits per heavy atom. The Morgan fingerprint density at radius 2 is 1.95 bits per heavy atom. The average Bonchev–Trinajstić information content (AvgIpc) is 2.54. The molecular weight excluding hydrogens is 296 g/mol. The zero-order chi connectivity index (χ0) is 16.5. The van der Waals surface area contributed by atoms with Crippen LogP contribution in [0, 0.1) is 0 Å². The molecule has 0 heterocycles. The van der Waals surface area contributed by atoms with Gasteiger partial charge in [-0.2, -0.15) is 0 Å². The fourth-order valence-corrected chi connectivity index (χ4v) is 2.53. The minimum Gasteiger partial charge on any atom is -0.392 e. The van der Waals surface area contributed by atoms with Crippen LogP contribution in [0.15, 0.2) is 71.2 Å². The Kier molecular flexibility index (Phi) is 7.43. The third kappa shape index (κ3) is 4.48. The summed E-state index contributed by atoms with van der Waals surface area (Å²) in [5.41, 5.74) is 2.39. The highest BCUT2D eigenvalue weighted by Crippen LogP contribution is 2.24. The molecule has 0 amide bonds. The molecule has 3 nitrogen and oxygen atoms in total. The smallest absolute Gasteiger partial charge is 0.151 e. The first-order chi connectivity index (χ1) is 10.6. The summed E-state index contributed by atoms with van der Waals surface area (Å²) in [4.78, 5) is 12.2. The molecule has 0 aliphatic carbocycles. The molecule has 0 aromatic heterocycles. The maximum atomic E-state index is 11.5. The lowest BCUT2D eigenvalue weighted by Gasteiger charge is -2.11. The van der Waals surface area contributed by atoms with E-state index in [0.717, 1.165) is 11.8 Å². The molecule has 1 atom stereocenters. The van der Waals surface area contributed by atoms with Gasteiger partial charge in [0.05, 0.1) is 6.61 Å². The zero-order valence-electron chi connectivity index (χ0n) is 12.8. The quantitative estimate of drug-likeness (QED) is 0.478. The van der Waals surface area contributed by atoms with Crippen LogP contribution in [-0.4, -0.2) is 28.5 Å². The van der Waals surface area contributed by atoms with Crippen LogP contribution in [0.1, 0.15) is 12.5 Å². The first-order valence-electron chi connectivity index (χ1n) is 6.77. The van der Waals surface area contributed by atoms with Crippen molar-refractivity contribution < 1.29 is 14.1 Å². The van der Waals surface area contributed by atoms with Crippen molar-refractivity contribution in [1.82, 2.24) is 0 Å². The summed E-state index contributed by atoms with van der Waals surface area (Å²) < 4.78 is 11.4. The van der Waals surface area contributed by atoms with Gasteiger partial charge in [-0.25, -0.2) is 0 Å². The largest absolute Gasteiger partial charge is 0.392 e. The summed E-state index contributed by atoms with van der Waals surface area (Å²) in [5.74, 6) is 0. The maximum Gasteiger partial charge on any atom is 0.151 e. The molecule has 0 saturated carbocycles. The van der Waals surface area contributed by atoms with Crippen molar-refractivity contribution in [1.29, 1.82) is 0 Å². The number of aliphatic hydroxyl groups excluding tert-OH is 1. The molecule has 1 unspecified atom stereocenters. The molecule has 116 valence electrons. The second-order valence-electron chi connectivity index (χ2n) is 4.49. The van der Waals surface area contributed by atoms with E-state index in [1.54, 1.807) is 54.8 Å². The molecule has 1 rings (SSSR count). The van der Waals surface area contributed by atoms with Crippen LogP contribution in [0.2, 0.25) is 0 Å². The fraction of sp³-hybridized carbons (Fsp3) is 0.167. The molecule has 1 N–H and O–H groups in total. The first-order valence-corrected chi connectivity index (χ1v) is 8.33. The third-order valence-electron chi connectivity index (χ3n) is 3.17. The van der Waals surface area contributed by atoms with Crippen molar-refractivity contribution in [3.05, 3.63) is 71.9 Å². The second-order valence-corrected chi connectivity index (χ2v) is 5.87. The molecule has 0 fully saturated rings. The number of aliphatic hydroxyl groups is 1. The van der Waals surface area contributed by atoms with E-state index in [1.165, 1.54) is 0 Å². The number of hydrogen-bond donors (Lipinski definition) is 1. The monoisotopic (exact) mass is 316 g/mol. The summed E-state index contributed by atoms with van der Waals surface area (Å²) >= 11 is 0. The van der Waals surface area contributed by atoms with E-state index >= 15 is 0 Å². The van der Waals surface area contributed by atoms with E-state index < -0.39 is 10.8 Å². The van der Waals surface area contributed by atoms with E-state index in [9.17, 15) is 14.1 Å². The van der Waals surface area contributed by atoms with Gasteiger partial charge in [0.1, 0.15) is 0 Å². The molecule has 0 aliphatic heterocycles. The van der Waals surface area contributed by atoms with Crippen LogP contribution in [0.25, 0.3) is 5.57 Å². The number of aldehydes is 1. The maximum absolute atomic E-state index is 11.5. The Balaban J connectivity index is 3.40. The van der Waals surface area contributed by atoms with Crippen molar-refractivity contribution in [3.8, 4) is 0 Å². The number of rotatable bonds is 7. The summed E-state index contributed by atoms with van der Waals surface area (Å²) in [6.45, 7) is 5.17. The molecule has 1 aromatic carbocycles. The first kappa shape index (κ1) is 18.0. The van der Waals surface area contributed by atoms with Crippen LogP contribution in [0.5, 0.6) is 0 Å². The molecule has 22 heavy (non-hydrogen) atoms. The number of allylic oxidation sites excluding steroid dienone is 6. The van der Waals surface area contributed by atoms with E-state index in [2.05, 4.69) is 6.58 Å². The highest BCUT2D eigenvalue weighted by molar-refractivity contribution is 7.84. The minimum absolute atomic E-state index is 0.262. The average molecular weight is 316 g/mol. The van der Waals surface area contributed by atoms with E-state index in [0.29, 0.717) is 21.6 Å². The lowest BCUT2D eigenvalue weighted by atomic mass is 9.95. The summed E-state index contributed by atoms with van der Waals surface area (Å²) in [6.07, 6.45) is 9.26. The molecule has 0 saturated heterocycles. The number of carbonyl (C=O) groups excluding carboxylic acids is 1. The second kappa shape index (κ2) is 9.07. The van der Waals surface area contributed by atoms with E-state index in [4.69, 9.17) is 0 Å². The summed E-state index contributed by atoms with van der Waals surface area (Å²) in [7, 11) is -1.06. The van der Waals surface area contributed by atoms with Gasteiger partial charge in [0.2, 0.25) is 0 Å². The molecular formula is C18H20O3S. The Bertz CT molecular complexity index is 649. The zero-order valence-corrected chi connectivity index (χ0v) is 13.6. The van der Waals surface area contributed by atoms with Crippen molar-refractivity contribution >= 4 is 22.7 Å². The highest BCUT2D eigenvalue weighted by atomic mass is 32.2. The van der Waals surface area contributed by atoms with Crippen LogP contribution in [0.4, 0.5) is 0 Å². The summed E-state index contributed by atoms with van der Waals surface area (Å²) in [6, 6.07) is 6.99. The van der Waals surface area contributed by atoms with E-state index in [1.807, 2.05) is 6.92 Å². The number of hydrogen-bond acceptors (Lipinski definition) is 3. The van der Waals surface area contributed by atoms with Gasteiger partial charge < -0.3 is 5.11 Å². The van der Waals surface area contributed by atoms with Gasteiger partial charge in [-0.1, -0.05) is 43.0 Å². The predicted molar refractivity (Wildman–Crippen MR) is 91.9 cm³/mol. The van der Waals surface area contributed by atoms with Crippen molar-refractivity contribution in [2.75, 3.05) is 12.9 Å². The van der Waals surface area contributed by atoms with Gasteiger partial charge in [-0.3, -0.25) is 9.00 Å². The van der Waals surface area contributed by atoms with Gasteiger partial charge in [0.15, 0.2) is 6.29 Å². The lowest BCUT2D eigenvalue weighted by Crippen LogP contribution is -2.01. The van der Waals surface area contributed by atoms with Gasteiger partial charge in [-0.05, 0) is 35.8 Å². The highest BCUT2D eigenvalue weighted by Gasteiger charge is 2.11. The molecule has 1 aromatic rings. The van der Waals surface area contributed by atoms with Gasteiger partial charge in [0, 0.05) is 27.5 Å². The van der Waals surface area contributed by atoms with Gasteiger partial charge in [-0.15, -0.1) is 0 Å². The molecule has 0 spiro atoms. The van der Waals surface area contributed by atoms with Crippen LogP contribution >= 0.6 is 0 Å². The Hall–Kier alpha value is -2.04. The lowest BCUT2D eigenvalue weighted by molar-refractivity contribution is -0.104. The minimum atomic E-state index is -1.06. The summed E-state index contributed by atoms with van der Waals surface area (Å²) in [5, 5.41) is 9.68. The normalized spacial score (nSPS) is 14.6. The third-order valence-corrected chi connectivity index (χ3v) is 4.11. The Labute approximate surface area is 133 Å². The van der Waals surface area contributed by atoms with Gasteiger partial charge >= 0.3 is 0 Å². The SMILES string of the molecule is C=C\C=C/C(=C\C)C(/C=O)=C(/CO)c1ccc(S(C)=O)cc1. The topological polar surface area (TPSA) is 54.4 Å². The standard InChI is InChI=1S/C18H20O3S/c1-4-6-7-14(5-2)17(12-19)18(13-20)15-8-10-16(11-9-15)22(3)21/h4-12,20H,1,13H2,2-3H3/b7-6-,14-5+,18-17-. The Morgan fingerprint density at radius 1 is 1.32 bits per heavy atom. The predicted octanol–water partition coefficient (Wildman–Crippen LogP) is 3.06. The van der Waals surface area contributed by atoms with Gasteiger partial charge in [0.25, 0.3) is 0 Å². The number of benzene rings is 1. The van der Waals surface area contributed by atoms with Crippen molar-refractivity contribution in [2.45, 2.75) is 11.8 Å². The van der Waals surface area contributed by atoms with Crippen molar-refractivity contribution in [2.24, 2.45) is 0 Å². The van der Waals surface area contributed by atoms with Crippen LogP contribution in [-0.2, 0) is 15.6 Å². The molecule has 0 aliphatic rings. The number of carbonyl (C=O) groups is 1. The van der Waals surface area contributed by atoms with Crippen LogP contribution < -0.4 is 0 Å². The van der Waals surface area contributed by atoms with Crippen molar-refractivity contribution in [3.63, 3.8) is 0 Å².